The van der Waals surface area contributed by atoms with Crippen molar-refractivity contribution >= 4 is 0 Å². The maximum Gasteiger partial charge on any atom is 0.0593 e. The van der Waals surface area contributed by atoms with E-state index >= 15 is 0 Å². The molecule has 2 unspecified atom stereocenters. The van der Waals surface area contributed by atoms with Crippen LogP contribution in [0.5, 0.6) is 0 Å². The third-order valence-corrected chi connectivity index (χ3v) is 4.94. The fourth-order valence-corrected chi connectivity index (χ4v) is 3.99. The van der Waals surface area contributed by atoms with Crippen molar-refractivity contribution in [3.8, 4) is 0 Å². The average Bonchev–Trinajstić information content (AvgIpc) is 2.43. The number of ether oxygens (including phenoxy) is 1. The number of nitrogens with zero attached hydrogens (tertiary/aromatic N) is 1. The van der Waals surface area contributed by atoms with Gasteiger partial charge in [-0.05, 0) is 38.1 Å². The molecule has 3 heteroatoms. The summed E-state index contributed by atoms with van der Waals surface area (Å²) in [5, 5.41) is 0. The van der Waals surface area contributed by atoms with Crippen LogP contribution in [0.25, 0.3) is 0 Å². The van der Waals surface area contributed by atoms with E-state index in [0.717, 1.165) is 38.8 Å². The van der Waals surface area contributed by atoms with Crippen LogP contribution in [0.3, 0.4) is 0 Å². The van der Waals surface area contributed by atoms with Gasteiger partial charge in [0, 0.05) is 25.2 Å². The number of hydrogen-bond donors (Lipinski definition) is 1. The standard InChI is InChI=1S/C16H34N2O/c1-5-18(11-12-19-6-2)16(13-17)10-8-7-9-15(16)14(3)4/h14-15H,5-13,17H2,1-4H3. The van der Waals surface area contributed by atoms with Crippen LogP contribution < -0.4 is 5.73 Å². The normalized spacial score (nSPS) is 28.3. The van der Waals surface area contributed by atoms with E-state index in [4.69, 9.17) is 10.5 Å². The van der Waals surface area contributed by atoms with Crippen LogP contribution in [0.15, 0.2) is 0 Å². The van der Waals surface area contributed by atoms with E-state index in [1.165, 1.54) is 25.7 Å². The van der Waals surface area contributed by atoms with Crippen LogP contribution in [0.4, 0.5) is 0 Å². The molecule has 0 bridgehead atoms. The largest absolute Gasteiger partial charge is 0.380 e. The van der Waals surface area contributed by atoms with Crippen LogP contribution in [-0.4, -0.2) is 43.3 Å². The van der Waals surface area contributed by atoms with Gasteiger partial charge in [0.25, 0.3) is 0 Å². The summed E-state index contributed by atoms with van der Waals surface area (Å²) in [6, 6.07) is 0. The molecular formula is C16H34N2O. The predicted molar refractivity (Wildman–Crippen MR) is 82.3 cm³/mol. The molecule has 0 heterocycles. The minimum atomic E-state index is 0.207. The first-order valence-corrected chi connectivity index (χ1v) is 8.15. The molecule has 0 aromatic carbocycles. The van der Waals surface area contributed by atoms with Gasteiger partial charge in [-0.1, -0.05) is 33.6 Å². The maximum atomic E-state index is 6.26. The summed E-state index contributed by atoms with van der Waals surface area (Å²) in [6.07, 6.45) is 5.28. The number of likely N-dealkylation sites (N-methyl/N-ethyl adjacent to an activating group) is 1. The number of nitrogens with two attached hydrogens (primary N) is 1. The highest BCUT2D eigenvalue weighted by Gasteiger charge is 2.44. The highest BCUT2D eigenvalue weighted by Crippen LogP contribution is 2.41. The Hall–Kier alpha value is -0.120. The molecular weight excluding hydrogens is 236 g/mol. The zero-order valence-corrected chi connectivity index (χ0v) is 13.5. The van der Waals surface area contributed by atoms with E-state index in [1.54, 1.807) is 0 Å². The van der Waals surface area contributed by atoms with Crippen molar-refractivity contribution in [2.45, 2.75) is 58.9 Å². The summed E-state index contributed by atoms with van der Waals surface area (Å²) < 4.78 is 5.56. The average molecular weight is 270 g/mol. The molecule has 0 amide bonds. The molecule has 19 heavy (non-hydrogen) atoms. The highest BCUT2D eigenvalue weighted by molar-refractivity contribution is 5.00. The third kappa shape index (κ3) is 3.93. The van der Waals surface area contributed by atoms with Gasteiger partial charge in [-0.25, -0.2) is 0 Å². The maximum absolute atomic E-state index is 6.26. The van der Waals surface area contributed by atoms with Crippen LogP contribution in [0.1, 0.15) is 53.4 Å². The predicted octanol–water partition coefficient (Wildman–Crippen LogP) is 2.89. The lowest BCUT2D eigenvalue weighted by Gasteiger charge is -2.52. The Kier molecular flexibility index (Phi) is 7.33. The molecule has 1 rings (SSSR count). The van der Waals surface area contributed by atoms with Gasteiger partial charge in [0.05, 0.1) is 6.61 Å². The lowest BCUT2D eigenvalue weighted by atomic mass is 9.67. The molecule has 0 saturated heterocycles. The van der Waals surface area contributed by atoms with Gasteiger partial charge in [0.15, 0.2) is 0 Å². The molecule has 1 fully saturated rings. The Balaban J connectivity index is 2.83. The first kappa shape index (κ1) is 16.9. The summed E-state index contributed by atoms with van der Waals surface area (Å²) >= 11 is 0. The van der Waals surface area contributed by atoms with Crippen molar-refractivity contribution in [1.82, 2.24) is 4.90 Å². The van der Waals surface area contributed by atoms with Crippen molar-refractivity contribution in [3.05, 3.63) is 0 Å². The summed E-state index contributed by atoms with van der Waals surface area (Å²) in [4.78, 5) is 2.60. The van der Waals surface area contributed by atoms with E-state index in [-0.39, 0.29) is 5.54 Å². The number of rotatable bonds is 8. The van der Waals surface area contributed by atoms with Crippen molar-refractivity contribution in [1.29, 1.82) is 0 Å². The Bertz CT molecular complexity index is 245. The van der Waals surface area contributed by atoms with Crippen molar-refractivity contribution in [2.24, 2.45) is 17.6 Å². The molecule has 0 aliphatic heterocycles. The van der Waals surface area contributed by atoms with Gasteiger partial charge >= 0.3 is 0 Å². The molecule has 3 nitrogen and oxygen atoms in total. The molecule has 0 aromatic heterocycles. The molecule has 1 saturated carbocycles. The van der Waals surface area contributed by atoms with Crippen molar-refractivity contribution in [2.75, 3.05) is 32.8 Å². The van der Waals surface area contributed by atoms with Gasteiger partial charge in [-0.15, -0.1) is 0 Å². The van der Waals surface area contributed by atoms with Crippen LogP contribution >= 0.6 is 0 Å². The van der Waals surface area contributed by atoms with Gasteiger partial charge in [-0.2, -0.15) is 0 Å². The molecule has 0 radical (unpaired) electrons. The molecule has 2 N–H and O–H groups in total. The minimum absolute atomic E-state index is 0.207. The summed E-state index contributed by atoms with van der Waals surface area (Å²) in [5.74, 6) is 1.44. The van der Waals surface area contributed by atoms with Gasteiger partial charge in [-0.3, -0.25) is 4.90 Å². The number of hydrogen-bond acceptors (Lipinski definition) is 3. The van der Waals surface area contributed by atoms with Crippen molar-refractivity contribution in [3.63, 3.8) is 0 Å². The van der Waals surface area contributed by atoms with Crippen LogP contribution in [0, 0.1) is 11.8 Å². The molecule has 2 atom stereocenters. The van der Waals surface area contributed by atoms with E-state index in [2.05, 4.69) is 32.6 Å². The zero-order valence-electron chi connectivity index (χ0n) is 13.5. The minimum Gasteiger partial charge on any atom is -0.380 e. The molecule has 1 aliphatic carbocycles. The van der Waals surface area contributed by atoms with Gasteiger partial charge < -0.3 is 10.5 Å². The second-order valence-corrected chi connectivity index (χ2v) is 6.18. The summed E-state index contributed by atoms with van der Waals surface area (Å²) in [5.41, 5.74) is 6.47. The Morgan fingerprint density at radius 3 is 2.58 bits per heavy atom. The van der Waals surface area contributed by atoms with E-state index in [0.29, 0.717) is 5.92 Å². The Morgan fingerprint density at radius 2 is 2.05 bits per heavy atom. The topological polar surface area (TPSA) is 38.5 Å². The molecule has 0 spiro atoms. The van der Waals surface area contributed by atoms with E-state index in [1.807, 2.05) is 0 Å². The first-order valence-electron chi connectivity index (χ1n) is 8.15. The fourth-order valence-electron chi connectivity index (χ4n) is 3.99. The fraction of sp³-hybridized carbons (Fsp3) is 1.00. The summed E-state index contributed by atoms with van der Waals surface area (Å²) in [7, 11) is 0. The summed E-state index contributed by atoms with van der Waals surface area (Å²) in [6.45, 7) is 13.6. The molecule has 114 valence electrons. The molecule has 1 aliphatic rings. The zero-order chi connectivity index (χ0) is 14.3. The Labute approximate surface area is 119 Å². The lowest BCUT2D eigenvalue weighted by Crippen LogP contribution is -2.61. The first-order chi connectivity index (χ1) is 9.12. The van der Waals surface area contributed by atoms with Gasteiger partial charge in [0.1, 0.15) is 0 Å². The van der Waals surface area contributed by atoms with Crippen molar-refractivity contribution < 1.29 is 4.74 Å². The van der Waals surface area contributed by atoms with E-state index in [9.17, 15) is 0 Å². The second-order valence-electron chi connectivity index (χ2n) is 6.18. The lowest BCUT2D eigenvalue weighted by molar-refractivity contribution is -0.0256. The quantitative estimate of drug-likeness (QED) is 0.689. The molecule has 0 aromatic rings. The highest BCUT2D eigenvalue weighted by atomic mass is 16.5. The van der Waals surface area contributed by atoms with E-state index < -0.39 is 0 Å². The van der Waals surface area contributed by atoms with Crippen LogP contribution in [-0.2, 0) is 4.74 Å². The van der Waals surface area contributed by atoms with Crippen LogP contribution in [0.2, 0.25) is 0 Å². The smallest absolute Gasteiger partial charge is 0.0593 e. The second kappa shape index (κ2) is 8.23. The third-order valence-electron chi connectivity index (χ3n) is 4.94. The monoisotopic (exact) mass is 270 g/mol. The Morgan fingerprint density at radius 1 is 1.32 bits per heavy atom. The van der Waals surface area contributed by atoms with Gasteiger partial charge in [0.2, 0.25) is 0 Å². The SMILES string of the molecule is CCOCCN(CC)C1(CN)CCCCC1C(C)C.